The van der Waals surface area contributed by atoms with Crippen LogP contribution in [0.1, 0.15) is 28.8 Å². The Kier molecular flexibility index (Phi) is 4.38. The molecule has 0 fully saturated rings. The van der Waals surface area contributed by atoms with Gasteiger partial charge in [0.05, 0.1) is 6.42 Å². The van der Waals surface area contributed by atoms with Crippen molar-refractivity contribution in [2.24, 2.45) is 0 Å². The van der Waals surface area contributed by atoms with Gasteiger partial charge in [-0.05, 0) is 61.1 Å². The Morgan fingerprint density at radius 1 is 1.28 bits per heavy atom. The Morgan fingerprint density at radius 2 is 2.12 bits per heavy atom. The predicted molar refractivity (Wildman–Crippen MR) is 105 cm³/mol. The highest BCUT2D eigenvalue weighted by Crippen LogP contribution is 2.31. The number of aryl methyl sites for hydroxylation is 2. The van der Waals surface area contributed by atoms with E-state index >= 15 is 0 Å². The van der Waals surface area contributed by atoms with Crippen molar-refractivity contribution < 1.29 is 4.79 Å². The number of carbonyl (C=O) groups excluding carboxylic acids is 1. The van der Waals surface area contributed by atoms with Crippen LogP contribution in [0.3, 0.4) is 0 Å². The fourth-order valence-electron chi connectivity index (χ4n) is 3.77. The molecule has 1 aromatic heterocycles. The molecule has 0 saturated carbocycles. The molecule has 3 nitrogen and oxygen atoms in total. The fraction of sp³-hybridized carbons (Fsp3) is 0.286. The molecule has 4 heteroatoms. The van der Waals surface area contributed by atoms with Crippen molar-refractivity contribution in [3.8, 4) is 0 Å². The average molecular weight is 397 g/mol. The second-order valence-electron chi connectivity index (χ2n) is 6.88. The third kappa shape index (κ3) is 3.36. The molecule has 2 N–H and O–H groups in total. The minimum atomic E-state index is 0.115. The number of hydrogen-bond acceptors (Lipinski definition) is 1. The summed E-state index contributed by atoms with van der Waals surface area (Å²) in [4.78, 5) is 16.0. The standard InChI is InChI=1S/C21H21BrN2O/c1-13-4-2-3-5-14(13)10-21(25)23-16-7-9-20-18(12-16)17-11-15(22)6-8-19(17)24-20/h2-6,8,11,16,24H,7,9-10,12H2,1H3,(H,23,25)/t16-/m1/s1. The van der Waals surface area contributed by atoms with Crippen LogP contribution >= 0.6 is 15.9 Å². The summed E-state index contributed by atoms with van der Waals surface area (Å²) in [6.07, 6.45) is 3.32. The van der Waals surface area contributed by atoms with E-state index in [1.165, 1.54) is 27.7 Å². The van der Waals surface area contributed by atoms with Crippen molar-refractivity contribution in [3.05, 3.63) is 69.3 Å². The maximum absolute atomic E-state index is 12.5. The Balaban J connectivity index is 1.49. The van der Waals surface area contributed by atoms with Crippen LogP contribution in [-0.2, 0) is 24.1 Å². The first kappa shape index (κ1) is 16.4. The van der Waals surface area contributed by atoms with Gasteiger partial charge in [-0.3, -0.25) is 4.79 Å². The second-order valence-corrected chi connectivity index (χ2v) is 7.80. The van der Waals surface area contributed by atoms with Crippen LogP contribution in [0.2, 0.25) is 0 Å². The summed E-state index contributed by atoms with van der Waals surface area (Å²) in [6, 6.07) is 14.6. The monoisotopic (exact) mass is 396 g/mol. The number of fused-ring (bicyclic) bond motifs is 3. The highest BCUT2D eigenvalue weighted by molar-refractivity contribution is 9.10. The zero-order valence-electron chi connectivity index (χ0n) is 14.2. The lowest BCUT2D eigenvalue weighted by atomic mass is 9.91. The van der Waals surface area contributed by atoms with E-state index in [0.717, 1.165) is 29.3 Å². The first-order valence-electron chi connectivity index (χ1n) is 8.73. The minimum Gasteiger partial charge on any atom is -0.358 e. The molecular formula is C21H21BrN2O. The number of aromatic amines is 1. The molecule has 1 aliphatic rings. The van der Waals surface area contributed by atoms with Crippen LogP contribution in [-0.4, -0.2) is 16.9 Å². The normalized spacial score (nSPS) is 16.6. The number of amides is 1. The van der Waals surface area contributed by atoms with Gasteiger partial charge >= 0.3 is 0 Å². The van der Waals surface area contributed by atoms with Crippen LogP contribution < -0.4 is 5.32 Å². The molecule has 1 atom stereocenters. The number of nitrogens with one attached hydrogen (secondary N) is 2. The Labute approximate surface area is 156 Å². The molecular weight excluding hydrogens is 376 g/mol. The molecule has 2 aromatic carbocycles. The number of hydrogen-bond donors (Lipinski definition) is 2. The second kappa shape index (κ2) is 6.68. The van der Waals surface area contributed by atoms with E-state index in [-0.39, 0.29) is 11.9 Å². The highest BCUT2D eigenvalue weighted by atomic mass is 79.9. The van der Waals surface area contributed by atoms with E-state index in [0.29, 0.717) is 6.42 Å². The number of benzene rings is 2. The van der Waals surface area contributed by atoms with Crippen LogP contribution in [0.25, 0.3) is 10.9 Å². The van der Waals surface area contributed by atoms with Gasteiger partial charge in [0.1, 0.15) is 0 Å². The van der Waals surface area contributed by atoms with Gasteiger partial charge in [-0.1, -0.05) is 40.2 Å². The molecule has 0 unspecified atom stereocenters. The van der Waals surface area contributed by atoms with E-state index < -0.39 is 0 Å². The van der Waals surface area contributed by atoms with Crippen molar-refractivity contribution in [2.75, 3.05) is 0 Å². The van der Waals surface area contributed by atoms with E-state index in [1.54, 1.807) is 0 Å². The zero-order valence-corrected chi connectivity index (χ0v) is 15.8. The van der Waals surface area contributed by atoms with Crippen molar-refractivity contribution in [2.45, 2.75) is 38.6 Å². The summed E-state index contributed by atoms with van der Waals surface area (Å²) < 4.78 is 1.09. The molecule has 0 aliphatic heterocycles. The van der Waals surface area contributed by atoms with Crippen molar-refractivity contribution in [3.63, 3.8) is 0 Å². The molecule has 1 amide bonds. The summed E-state index contributed by atoms with van der Waals surface area (Å²) in [7, 11) is 0. The van der Waals surface area contributed by atoms with Crippen molar-refractivity contribution in [1.82, 2.24) is 10.3 Å². The van der Waals surface area contributed by atoms with E-state index in [9.17, 15) is 4.79 Å². The smallest absolute Gasteiger partial charge is 0.224 e. The van der Waals surface area contributed by atoms with Gasteiger partial charge in [0.15, 0.2) is 0 Å². The summed E-state index contributed by atoms with van der Waals surface area (Å²) in [6.45, 7) is 2.05. The molecule has 128 valence electrons. The molecule has 0 saturated heterocycles. The lowest BCUT2D eigenvalue weighted by Crippen LogP contribution is -2.39. The van der Waals surface area contributed by atoms with E-state index in [2.05, 4.69) is 57.4 Å². The van der Waals surface area contributed by atoms with Crippen LogP contribution in [0, 0.1) is 6.92 Å². The lowest BCUT2D eigenvalue weighted by molar-refractivity contribution is -0.121. The molecule has 1 aliphatic carbocycles. The molecule has 0 bridgehead atoms. The van der Waals surface area contributed by atoms with Crippen LogP contribution in [0.15, 0.2) is 46.9 Å². The summed E-state index contributed by atoms with van der Waals surface area (Å²) >= 11 is 3.56. The van der Waals surface area contributed by atoms with Gasteiger partial charge in [0.25, 0.3) is 0 Å². The predicted octanol–water partition coefficient (Wildman–Crippen LogP) is 4.46. The number of aromatic nitrogens is 1. The van der Waals surface area contributed by atoms with Gasteiger partial charge in [-0.2, -0.15) is 0 Å². The summed E-state index contributed by atoms with van der Waals surface area (Å²) in [5, 5.41) is 4.51. The molecule has 1 heterocycles. The van der Waals surface area contributed by atoms with Gasteiger partial charge in [-0.25, -0.2) is 0 Å². The van der Waals surface area contributed by atoms with E-state index in [1.807, 2.05) is 18.2 Å². The maximum atomic E-state index is 12.5. The SMILES string of the molecule is Cc1ccccc1CC(=O)N[C@@H]1CCc2[nH]c3ccc(Br)cc3c2C1. The highest BCUT2D eigenvalue weighted by Gasteiger charge is 2.23. The first-order chi connectivity index (χ1) is 12.1. The zero-order chi connectivity index (χ0) is 17.4. The van der Waals surface area contributed by atoms with Gasteiger partial charge in [0, 0.05) is 27.1 Å². The largest absolute Gasteiger partial charge is 0.358 e. The van der Waals surface area contributed by atoms with Crippen molar-refractivity contribution >= 4 is 32.7 Å². The van der Waals surface area contributed by atoms with Crippen LogP contribution in [0.4, 0.5) is 0 Å². The lowest BCUT2D eigenvalue weighted by Gasteiger charge is -2.24. The summed E-state index contributed by atoms with van der Waals surface area (Å²) in [5.74, 6) is 0.115. The third-order valence-corrected chi connectivity index (χ3v) is 5.62. The third-order valence-electron chi connectivity index (χ3n) is 5.13. The number of rotatable bonds is 3. The number of H-pyrrole nitrogens is 1. The van der Waals surface area contributed by atoms with E-state index in [4.69, 9.17) is 0 Å². The fourth-order valence-corrected chi connectivity index (χ4v) is 4.13. The molecule has 3 aromatic rings. The average Bonchev–Trinajstić information content (AvgIpc) is 2.94. The molecule has 4 rings (SSSR count). The Bertz CT molecular complexity index is 944. The first-order valence-corrected chi connectivity index (χ1v) is 9.52. The Morgan fingerprint density at radius 3 is 2.96 bits per heavy atom. The number of carbonyl (C=O) groups is 1. The molecule has 25 heavy (non-hydrogen) atoms. The van der Waals surface area contributed by atoms with Gasteiger partial charge in [-0.15, -0.1) is 0 Å². The van der Waals surface area contributed by atoms with Crippen LogP contribution in [0.5, 0.6) is 0 Å². The maximum Gasteiger partial charge on any atom is 0.224 e. The van der Waals surface area contributed by atoms with Crippen molar-refractivity contribution in [1.29, 1.82) is 0 Å². The minimum absolute atomic E-state index is 0.115. The quantitative estimate of drug-likeness (QED) is 0.674. The topological polar surface area (TPSA) is 44.9 Å². The Hall–Kier alpha value is -2.07. The molecule has 0 radical (unpaired) electrons. The van der Waals surface area contributed by atoms with Gasteiger partial charge < -0.3 is 10.3 Å². The number of halogens is 1. The molecule has 0 spiro atoms. The van der Waals surface area contributed by atoms with Gasteiger partial charge in [0.2, 0.25) is 5.91 Å². The summed E-state index contributed by atoms with van der Waals surface area (Å²) in [5.41, 5.74) is 6.12.